The minimum Gasteiger partial charge on any atom is -0.452 e. The number of fused-ring (bicyclic) bond motifs is 1. The van der Waals surface area contributed by atoms with E-state index in [1.54, 1.807) is 12.1 Å². The van der Waals surface area contributed by atoms with E-state index in [4.69, 9.17) is 4.74 Å². The van der Waals surface area contributed by atoms with Crippen LogP contribution in [0.2, 0.25) is 0 Å². The van der Waals surface area contributed by atoms with Crippen LogP contribution in [0.15, 0.2) is 53.4 Å². The van der Waals surface area contributed by atoms with Crippen LogP contribution in [0.25, 0.3) is 0 Å². The zero-order valence-electron chi connectivity index (χ0n) is 21.7. The van der Waals surface area contributed by atoms with E-state index < -0.39 is 5.97 Å². The molecule has 2 aromatic rings. The molecule has 4 fully saturated rings. The Morgan fingerprint density at radius 2 is 1.58 bits per heavy atom. The molecular formula is C31H36N2O4S. The molecule has 7 heteroatoms. The maximum absolute atomic E-state index is 13.0. The van der Waals surface area contributed by atoms with Crippen LogP contribution < -0.4 is 10.6 Å². The number of carbonyl (C=O) groups is 3. The Balaban J connectivity index is 1.01. The molecule has 0 spiro atoms. The molecule has 5 aliphatic rings. The van der Waals surface area contributed by atoms with Crippen molar-refractivity contribution in [3.63, 3.8) is 0 Å². The smallest absolute Gasteiger partial charge is 0.339 e. The van der Waals surface area contributed by atoms with E-state index in [9.17, 15) is 14.4 Å². The fourth-order valence-electron chi connectivity index (χ4n) is 7.85. The second kappa shape index (κ2) is 10.8. The van der Waals surface area contributed by atoms with E-state index in [0.717, 1.165) is 61.8 Å². The predicted octanol–water partition coefficient (Wildman–Crippen LogP) is 5.21. The van der Waals surface area contributed by atoms with Crippen LogP contribution in [0.4, 0.5) is 0 Å². The Morgan fingerprint density at radius 3 is 2.34 bits per heavy atom. The van der Waals surface area contributed by atoms with Gasteiger partial charge in [0, 0.05) is 10.4 Å². The quantitative estimate of drug-likeness (QED) is 0.360. The molecule has 2 N–H and O–H groups in total. The van der Waals surface area contributed by atoms with Crippen molar-refractivity contribution in [1.82, 2.24) is 10.6 Å². The second-order valence-electron chi connectivity index (χ2n) is 11.8. The number of thioether (sulfide) groups is 1. The number of hydrogen-bond donors (Lipinski definition) is 2. The van der Waals surface area contributed by atoms with Gasteiger partial charge in [-0.15, -0.1) is 11.8 Å². The Morgan fingerprint density at radius 1 is 0.895 bits per heavy atom. The van der Waals surface area contributed by atoms with E-state index in [1.165, 1.54) is 36.6 Å². The zero-order valence-corrected chi connectivity index (χ0v) is 22.6. The number of hydrogen-bond acceptors (Lipinski definition) is 5. The Labute approximate surface area is 228 Å². The lowest BCUT2D eigenvalue weighted by Gasteiger charge is -2.56. The predicted molar refractivity (Wildman–Crippen MR) is 147 cm³/mol. The first-order valence-corrected chi connectivity index (χ1v) is 15.0. The van der Waals surface area contributed by atoms with Gasteiger partial charge in [-0.2, -0.15) is 0 Å². The fourth-order valence-corrected chi connectivity index (χ4v) is 8.69. The highest BCUT2D eigenvalue weighted by molar-refractivity contribution is 8.00. The number of benzene rings is 2. The standard InChI is InChI=1S/C31H36N2O4S/c34-28(32-26-10-5-7-23-6-1-2-8-24(23)26)18-37-30(36)25-9-3-4-11-27(25)38-19-29(35)33-31-15-20-12-21(16-31)14-22(13-20)17-31/h1-4,6,8-9,11,20-22,26H,5,7,10,12-19H2,(H,32,34)(H,33,35). The Bertz CT molecular complexity index is 1190. The Hall–Kier alpha value is -2.80. The monoisotopic (exact) mass is 532 g/mol. The maximum atomic E-state index is 13.0. The van der Waals surface area contributed by atoms with Gasteiger partial charge < -0.3 is 15.4 Å². The summed E-state index contributed by atoms with van der Waals surface area (Å²) in [6.45, 7) is -0.330. The molecule has 0 aliphatic heterocycles. The van der Waals surface area contributed by atoms with Crippen molar-refractivity contribution in [2.24, 2.45) is 17.8 Å². The number of rotatable bonds is 8. The number of carbonyl (C=O) groups excluding carboxylic acids is 3. The first-order chi connectivity index (χ1) is 18.5. The van der Waals surface area contributed by atoms with E-state index >= 15 is 0 Å². The van der Waals surface area contributed by atoms with Crippen molar-refractivity contribution in [3.05, 3.63) is 65.2 Å². The topological polar surface area (TPSA) is 84.5 Å². The Kier molecular flexibility index (Phi) is 7.21. The van der Waals surface area contributed by atoms with Gasteiger partial charge in [0.1, 0.15) is 0 Å². The highest BCUT2D eigenvalue weighted by atomic mass is 32.2. The summed E-state index contributed by atoms with van der Waals surface area (Å²) in [7, 11) is 0. The van der Waals surface area contributed by atoms with Gasteiger partial charge in [-0.3, -0.25) is 9.59 Å². The van der Waals surface area contributed by atoms with Gasteiger partial charge in [0.05, 0.1) is 17.4 Å². The lowest BCUT2D eigenvalue weighted by Crippen LogP contribution is -2.60. The third-order valence-corrected chi connectivity index (χ3v) is 10.0. The first kappa shape index (κ1) is 25.5. The molecule has 0 aromatic heterocycles. The summed E-state index contributed by atoms with van der Waals surface area (Å²) >= 11 is 1.35. The minimum absolute atomic E-state index is 0.0168. The van der Waals surface area contributed by atoms with Gasteiger partial charge in [0.15, 0.2) is 6.61 Å². The van der Waals surface area contributed by atoms with Gasteiger partial charge in [-0.25, -0.2) is 4.79 Å². The maximum Gasteiger partial charge on any atom is 0.339 e. The largest absolute Gasteiger partial charge is 0.452 e. The van der Waals surface area contributed by atoms with Crippen LogP contribution in [0.1, 0.15) is 78.9 Å². The van der Waals surface area contributed by atoms with Gasteiger partial charge in [0.25, 0.3) is 5.91 Å². The van der Waals surface area contributed by atoms with E-state index in [2.05, 4.69) is 22.8 Å². The number of aryl methyl sites for hydroxylation is 1. The SMILES string of the molecule is O=C(COC(=O)c1ccccc1SCC(=O)NC12CC3CC(CC(C3)C1)C2)NC1CCCc2ccccc21. The van der Waals surface area contributed by atoms with Gasteiger partial charge in [0.2, 0.25) is 5.91 Å². The summed E-state index contributed by atoms with van der Waals surface area (Å²) < 4.78 is 5.39. The summed E-state index contributed by atoms with van der Waals surface area (Å²) in [6.07, 6.45) is 10.3. The third kappa shape index (κ3) is 5.49. The molecule has 7 rings (SSSR count). The van der Waals surface area contributed by atoms with Crippen LogP contribution in [0, 0.1) is 17.8 Å². The number of amides is 2. The van der Waals surface area contributed by atoms with Crippen molar-refractivity contribution >= 4 is 29.5 Å². The average molecular weight is 533 g/mol. The molecule has 4 bridgehead atoms. The van der Waals surface area contributed by atoms with Crippen LogP contribution in [-0.2, 0) is 20.7 Å². The van der Waals surface area contributed by atoms with Crippen LogP contribution >= 0.6 is 11.8 Å². The van der Waals surface area contributed by atoms with E-state index in [1.807, 2.05) is 24.3 Å². The van der Waals surface area contributed by atoms with Crippen molar-refractivity contribution in [2.75, 3.05) is 12.4 Å². The molecule has 2 aromatic carbocycles. The van der Waals surface area contributed by atoms with Crippen molar-refractivity contribution < 1.29 is 19.1 Å². The molecule has 38 heavy (non-hydrogen) atoms. The summed E-state index contributed by atoms with van der Waals surface area (Å²) in [5.41, 5.74) is 2.78. The summed E-state index contributed by atoms with van der Waals surface area (Å²) in [5, 5.41) is 6.42. The molecule has 5 aliphatic carbocycles. The third-order valence-electron chi connectivity index (χ3n) is 8.95. The normalized spacial score (nSPS) is 28.8. The molecule has 0 radical (unpaired) electrons. The van der Waals surface area contributed by atoms with E-state index in [-0.39, 0.29) is 35.8 Å². The molecule has 1 unspecified atom stereocenters. The highest BCUT2D eigenvalue weighted by Gasteiger charge is 2.51. The molecule has 4 saturated carbocycles. The van der Waals surface area contributed by atoms with Gasteiger partial charge in [-0.05, 0) is 98.8 Å². The molecule has 6 nitrogen and oxygen atoms in total. The van der Waals surface area contributed by atoms with Crippen molar-refractivity contribution in [2.45, 2.75) is 74.3 Å². The second-order valence-corrected chi connectivity index (χ2v) is 12.8. The van der Waals surface area contributed by atoms with Crippen LogP contribution in [0.5, 0.6) is 0 Å². The minimum atomic E-state index is -0.547. The summed E-state index contributed by atoms with van der Waals surface area (Å²) in [5.74, 6) is 1.76. The lowest BCUT2D eigenvalue weighted by atomic mass is 9.53. The molecular weight excluding hydrogens is 496 g/mol. The fraction of sp³-hybridized carbons (Fsp3) is 0.516. The van der Waals surface area contributed by atoms with Crippen LogP contribution in [0.3, 0.4) is 0 Å². The zero-order chi connectivity index (χ0) is 26.1. The molecule has 1 atom stereocenters. The van der Waals surface area contributed by atoms with Crippen molar-refractivity contribution in [3.8, 4) is 0 Å². The van der Waals surface area contributed by atoms with Crippen molar-refractivity contribution in [1.29, 1.82) is 0 Å². The number of ether oxygens (including phenoxy) is 1. The molecule has 0 heterocycles. The first-order valence-electron chi connectivity index (χ1n) is 14.0. The summed E-state index contributed by atoms with van der Waals surface area (Å²) in [4.78, 5) is 39.2. The highest BCUT2D eigenvalue weighted by Crippen LogP contribution is 2.55. The lowest BCUT2D eigenvalue weighted by molar-refractivity contribution is -0.125. The average Bonchev–Trinajstić information content (AvgIpc) is 2.90. The van der Waals surface area contributed by atoms with Gasteiger partial charge >= 0.3 is 5.97 Å². The molecule has 0 saturated heterocycles. The number of nitrogens with one attached hydrogen (secondary N) is 2. The van der Waals surface area contributed by atoms with Crippen LogP contribution in [-0.4, -0.2) is 35.7 Å². The van der Waals surface area contributed by atoms with Gasteiger partial charge in [-0.1, -0.05) is 36.4 Å². The van der Waals surface area contributed by atoms with E-state index in [0.29, 0.717) is 10.5 Å². The number of esters is 1. The molecule has 2 amide bonds. The molecule has 200 valence electrons. The summed E-state index contributed by atoms with van der Waals surface area (Å²) in [6, 6.07) is 15.3.